The van der Waals surface area contributed by atoms with Crippen LogP contribution in [0.4, 0.5) is 5.69 Å². The van der Waals surface area contributed by atoms with Crippen molar-refractivity contribution in [2.45, 2.75) is 6.42 Å². The first kappa shape index (κ1) is 15.4. The molecule has 1 aromatic rings. The molecular formula is C12H12Cl2N2O3S. The highest BCUT2D eigenvalue weighted by Gasteiger charge is 2.23. The molecule has 0 bridgehead atoms. The fourth-order valence-electron chi connectivity index (χ4n) is 1.96. The number of rotatable bonds is 2. The third-order valence-electron chi connectivity index (χ3n) is 2.96. The molecule has 1 fully saturated rings. The fourth-order valence-corrected chi connectivity index (χ4v) is 3.24. The molecule has 0 aromatic heterocycles. The normalized spacial score (nSPS) is 15.8. The standard InChI is InChI=1S/C12H12Cl2N2O3S/c13-9-6-8(7-10(11(9)14)16(18)19)12(17)15-2-1-4-20-5-3-15/h6-7H,1-5H2. The Labute approximate surface area is 130 Å². The summed E-state index contributed by atoms with van der Waals surface area (Å²) in [7, 11) is 0. The second-order valence-electron chi connectivity index (χ2n) is 4.31. The highest BCUT2D eigenvalue weighted by molar-refractivity contribution is 7.99. The first-order valence-electron chi connectivity index (χ1n) is 6.01. The second kappa shape index (κ2) is 6.65. The zero-order valence-corrected chi connectivity index (χ0v) is 12.8. The van der Waals surface area contributed by atoms with Gasteiger partial charge in [-0.05, 0) is 18.2 Å². The smallest absolute Gasteiger partial charge is 0.290 e. The molecule has 0 unspecified atom stereocenters. The first-order valence-corrected chi connectivity index (χ1v) is 7.92. The van der Waals surface area contributed by atoms with Crippen LogP contribution >= 0.6 is 35.0 Å². The van der Waals surface area contributed by atoms with Crippen molar-refractivity contribution in [2.24, 2.45) is 0 Å². The van der Waals surface area contributed by atoms with Crippen LogP contribution in [0.3, 0.4) is 0 Å². The van der Waals surface area contributed by atoms with Gasteiger partial charge in [-0.3, -0.25) is 14.9 Å². The number of hydrogen-bond donors (Lipinski definition) is 0. The Morgan fingerprint density at radius 3 is 2.75 bits per heavy atom. The number of amides is 1. The lowest BCUT2D eigenvalue weighted by atomic mass is 10.1. The zero-order valence-electron chi connectivity index (χ0n) is 10.5. The van der Waals surface area contributed by atoms with Crippen LogP contribution in [0, 0.1) is 10.1 Å². The van der Waals surface area contributed by atoms with Crippen LogP contribution in [-0.4, -0.2) is 40.3 Å². The number of nitro groups is 1. The summed E-state index contributed by atoms with van der Waals surface area (Å²) in [6.45, 7) is 1.29. The largest absolute Gasteiger partial charge is 0.338 e. The molecule has 2 rings (SSSR count). The van der Waals surface area contributed by atoms with Crippen molar-refractivity contribution >= 4 is 46.6 Å². The van der Waals surface area contributed by atoms with Gasteiger partial charge in [0, 0.05) is 30.5 Å². The van der Waals surface area contributed by atoms with Crippen LogP contribution in [0.2, 0.25) is 10.0 Å². The molecular weight excluding hydrogens is 323 g/mol. The van der Waals surface area contributed by atoms with Crippen molar-refractivity contribution < 1.29 is 9.72 Å². The van der Waals surface area contributed by atoms with Crippen LogP contribution in [-0.2, 0) is 0 Å². The summed E-state index contributed by atoms with van der Waals surface area (Å²) in [5, 5.41) is 10.8. The maximum Gasteiger partial charge on any atom is 0.290 e. The molecule has 1 saturated heterocycles. The van der Waals surface area contributed by atoms with Gasteiger partial charge in [0.1, 0.15) is 5.02 Å². The van der Waals surface area contributed by atoms with Gasteiger partial charge in [-0.15, -0.1) is 0 Å². The summed E-state index contributed by atoms with van der Waals surface area (Å²) in [6.07, 6.45) is 0.916. The summed E-state index contributed by atoms with van der Waals surface area (Å²) < 4.78 is 0. The predicted octanol–water partition coefficient (Wildman–Crippen LogP) is 3.48. The predicted molar refractivity (Wildman–Crippen MR) is 81.0 cm³/mol. The summed E-state index contributed by atoms with van der Waals surface area (Å²) in [5.74, 6) is 1.65. The van der Waals surface area contributed by atoms with Crippen LogP contribution in [0.25, 0.3) is 0 Å². The topological polar surface area (TPSA) is 63.4 Å². The van der Waals surface area contributed by atoms with E-state index >= 15 is 0 Å². The van der Waals surface area contributed by atoms with Gasteiger partial charge in [-0.2, -0.15) is 11.8 Å². The number of carbonyl (C=O) groups excluding carboxylic acids is 1. The van der Waals surface area contributed by atoms with Gasteiger partial charge in [0.15, 0.2) is 0 Å². The van der Waals surface area contributed by atoms with Crippen LogP contribution in [0.15, 0.2) is 12.1 Å². The Balaban J connectivity index is 2.31. The SMILES string of the molecule is O=C(c1cc(Cl)c(Cl)c([N+](=O)[O-])c1)N1CCCSCC1. The maximum absolute atomic E-state index is 12.4. The Morgan fingerprint density at radius 2 is 2.05 bits per heavy atom. The molecule has 0 aliphatic carbocycles. The lowest BCUT2D eigenvalue weighted by Crippen LogP contribution is -2.33. The zero-order chi connectivity index (χ0) is 14.7. The Morgan fingerprint density at radius 1 is 1.30 bits per heavy atom. The average Bonchev–Trinajstić information content (AvgIpc) is 2.69. The van der Waals surface area contributed by atoms with Gasteiger partial charge in [0.25, 0.3) is 11.6 Å². The van der Waals surface area contributed by atoms with E-state index in [9.17, 15) is 14.9 Å². The van der Waals surface area contributed by atoms with Crippen LogP contribution in [0.5, 0.6) is 0 Å². The average molecular weight is 335 g/mol. The van der Waals surface area contributed by atoms with E-state index in [1.165, 1.54) is 12.1 Å². The molecule has 1 heterocycles. The van der Waals surface area contributed by atoms with E-state index in [0.717, 1.165) is 17.9 Å². The number of benzene rings is 1. The molecule has 5 nitrogen and oxygen atoms in total. The Bertz CT molecular complexity index is 546. The van der Waals surface area contributed by atoms with Gasteiger partial charge in [0.05, 0.1) is 9.95 Å². The van der Waals surface area contributed by atoms with Crippen molar-refractivity contribution in [1.29, 1.82) is 0 Å². The molecule has 8 heteroatoms. The third kappa shape index (κ3) is 3.37. The molecule has 0 radical (unpaired) electrons. The number of nitro benzene ring substituents is 1. The minimum Gasteiger partial charge on any atom is -0.338 e. The van der Waals surface area contributed by atoms with Crippen molar-refractivity contribution in [1.82, 2.24) is 4.90 Å². The van der Waals surface area contributed by atoms with Crippen molar-refractivity contribution in [3.63, 3.8) is 0 Å². The van der Waals surface area contributed by atoms with Gasteiger partial charge >= 0.3 is 0 Å². The van der Waals surface area contributed by atoms with E-state index < -0.39 is 4.92 Å². The van der Waals surface area contributed by atoms with E-state index in [0.29, 0.717) is 13.1 Å². The molecule has 0 N–H and O–H groups in total. The van der Waals surface area contributed by atoms with Crippen LogP contribution < -0.4 is 0 Å². The molecule has 0 spiro atoms. The molecule has 20 heavy (non-hydrogen) atoms. The summed E-state index contributed by atoms with van der Waals surface area (Å²) in [6, 6.07) is 2.58. The number of hydrogen-bond acceptors (Lipinski definition) is 4. The number of thioether (sulfide) groups is 1. The lowest BCUT2D eigenvalue weighted by Gasteiger charge is -2.20. The second-order valence-corrected chi connectivity index (χ2v) is 6.32. The van der Waals surface area contributed by atoms with Crippen molar-refractivity contribution in [3.05, 3.63) is 37.9 Å². The molecule has 1 aliphatic rings. The summed E-state index contributed by atoms with van der Waals surface area (Å²) in [4.78, 5) is 24.4. The quantitative estimate of drug-likeness (QED) is 0.613. The number of halogens is 2. The lowest BCUT2D eigenvalue weighted by molar-refractivity contribution is -0.384. The minimum absolute atomic E-state index is 0.0217. The first-order chi connectivity index (χ1) is 9.50. The Kier molecular flexibility index (Phi) is 5.12. The van der Waals surface area contributed by atoms with E-state index in [4.69, 9.17) is 23.2 Å². The highest BCUT2D eigenvalue weighted by Crippen LogP contribution is 2.33. The van der Waals surface area contributed by atoms with Crippen molar-refractivity contribution in [2.75, 3.05) is 24.6 Å². The number of nitrogens with zero attached hydrogens (tertiary/aromatic N) is 2. The van der Waals surface area contributed by atoms with Gasteiger partial charge in [0.2, 0.25) is 0 Å². The van der Waals surface area contributed by atoms with E-state index in [1.54, 1.807) is 16.7 Å². The van der Waals surface area contributed by atoms with E-state index in [2.05, 4.69) is 0 Å². The summed E-state index contributed by atoms with van der Waals surface area (Å²) in [5.41, 5.74) is -0.135. The molecule has 0 atom stereocenters. The third-order valence-corrected chi connectivity index (χ3v) is 4.80. The Hall–Kier alpha value is -0.980. The number of carbonyl (C=O) groups is 1. The minimum atomic E-state index is -0.636. The van der Waals surface area contributed by atoms with Gasteiger partial charge in [-0.1, -0.05) is 23.2 Å². The van der Waals surface area contributed by atoms with E-state index in [1.807, 2.05) is 0 Å². The monoisotopic (exact) mass is 334 g/mol. The summed E-state index contributed by atoms with van der Waals surface area (Å²) >= 11 is 13.4. The van der Waals surface area contributed by atoms with Gasteiger partial charge in [-0.25, -0.2) is 0 Å². The maximum atomic E-state index is 12.4. The van der Waals surface area contributed by atoms with Gasteiger partial charge < -0.3 is 4.90 Å². The van der Waals surface area contributed by atoms with Crippen LogP contribution in [0.1, 0.15) is 16.8 Å². The highest BCUT2D eigenvalue weighted by atomic mass is 35.5. The molecule has 1 aromatic carbocycles. The van der Waals surface area contributed by atoms with Crippen molar-refractivity contribution in [3.8, 4) is 0 Å². The molecule has 0 saturated carbocycles. The molecule has 1 amide bonds. The van der Waals surface area contributed by atoms with E-state index in [-0.39, 0.29) is 27.2 Å². The molecule has 1 aliphatic heterocycles. The molecule has 108 valence electrons. The fraction of sp³-hybridized carbons (Fsp3) is 0.417.